The first-order valence-corrected chi connectivity index (χ1v) is 12.2. The van der Waals surface area contributed by atoms with Crippen molar-refractivity contribution < 1.29 is 17.9 Å². The van der Waals surface area contributed by atoms with E-state index in [9.17, 15) is 13.2 Å². The molecule has 0 aromatic heterocycles. The lowest BCUT2D eigenvalue weighted by atomic mass is 10.1. The number of thioether (sulfide) groups is 1. The highest BCUT2D eigenvalue weighted by Crippen LogP contribution is 2.41. The number of carbonyl (C=O) groups excluding carboxylic acids is 1. The molecule has 0 spiro atoms. The molecule has 152 valence electrons. The minimum atomic E-state index is -3.09. The Morgan fingerprint density at radius 3 is 2.55 bits per heavy atom. The third-order valence-corrected chi connectivity index (χ3v) is 8.12. The summed E-state index contributed by atoms with van der Waals surface area (Å²) in [6.45, 7) is 2.49. The molecule has 2 fully saturated rings. The van der Waals surface area contributed by atoms with Crippen LogP contribution in [-0.4, -0.2) is 48.9 Å². The van der Waals surface area contributed by atoms with Crippen molar-refractivity contribution in [2.75, 3.05) is 23.0 Å². The Balaban J connectivity index is 1.62. The van der Waals surface area contributed by atoms with Crippen LogP contribution >= 0.6 is 11.8 Å². The zero-order valence-electron chi connectivity index (χ0n) is 16.0. The van der Waals surface area contributed by atoms with E-state index in [1.54, 1.807) is 0 Å². The van der Waals surface area contributed by atoms with Gasteiger partial charge in [-0.1, -0.05) is 42.1 Å². The predicted molar refractivity (Wildman–Crippen MR) is 116 cm³/mol. The Bertz CT molecular complexity index is 1020. The average molecular weight is 431 g/mol. The van der Waals surface area contributed by atoms with Crippen molar-refractivity contribution >= 4 is 38.4 Å². The van der Waals surface area contributed by atoms with Crippen molar-refractivity contribution in [2.45, 2.75) is 24.6 Å². The van der Waals surface area contributed by atoms with Gasteiger partial charge in [0.2, 0.25) is 0 Å². The van der Waals surface area contributed by atoms with Gasteiger partial charge in [-0.2, -0.15) is 4.99 Å². The number of fused-ring (bicyclic) bond motifs is 1. The number of hydrogen-bond acceptors (Lipinski definition) is 5. The first-order valence-electron chi connectivity index (χ1n) is 9.50. The second kappa shape index (κ2) is 8.20. The number of sulfone groups is 1. The highest BCUT2D eigenvalue weighted by molar-refractivity contribution is 8.16. The molecule has 4 rings (SSSR count). The zero-order chi connectivity index (χ0) is 20.4. The van der Waals surface area contributed by atoms with Gasteiger partial charge in [-0.25, -0.2) is 8.42 Å². The lowest BCUT2D eigenvalue weighted by Crippen LogP contribution is -2.37. The van der Waals surface area contributed by atoms with Crippen LogP contribution in [0.5, 0.6) is 5.75 Å². The van der Waals surface area contributed by atoms with Crippen molar-refractivity contribution in [3.05, 3.63) is 60.2 Å². The maximum Gasteiger partial charge on any atom is 0.252 e. The van der Waals surface area contributed by atoms with E-state index < -0.39 is 9.84 Å². The number of aliphatic imine (C=N–C) groups is 1. The summed E-state index contributed by atoms with van der Waals surface area (Å²) in [5, 5.41) is 0.454. The maximum absolute atomic E-state index is 12.6. The minimum Gasteiger partial charge on any atom is -0.494 e. The van der Waals surface area contributed by atoms with Crippen LogP contribution in [0.3, 0.4) is 0 Å². The molecule has 8 heteroatoms. The number of hydrogen-bond donors (Lipinski definition) is 0. The third kappa shape index (κ3) is 4.48. The van der Waals surface area contributed by atoms with Crippen LogP contribution in [0.4, 0.5) is 5.69 Å². The monoisotopic (exact) mass is 430 g/mol. The molecule has 0 N–H and O–H groups in total. The molecule has 2 aromatic carbocycles. The van der Waals surface area contributed by atoms with E-state index >= 15 is 0 Å². The number of ether oxygens (including phenoxy) is 1. The van der Waals surface area contributed by atoms with Crippen LogP contribution in [0.1, 0.15) is 12.5 Å². The normalized spacial score (nSPS) is 23.9. The molecule has 2 heterocycles. The average Bonchev–Trinajstić information content (AvgIpc) is 3.14. The quantitative estimate of drug-likeness (QED) is 0.726. The summed E-state index contributed by atoms with van der Waals surface area (Å²) in [6.07, 6.45) is 0.218. The molecule has 1 amide bonds. The van der Waals surface area contributed by atoms with E-state index in [4.69, 9.17) is 4.74 Å². The lowest BCUT2D eigenvalue weighted by Gasteiger charge is -2.24. The highest BCUT2D eigenvalue weighted by atomic mass is 32.2. The Morgan fingerprint density at radius 1 is 1.14 bits per heavy atom. The van der Waals surface area contributed by atoms with Crippen LogP contribution < -0.4 is 9.64 Å². The molecule has 0 aliphatic carbocycles. The first kappa shape index (κ1) is 20.0. The standard InChI is InChI=1S/C21H22N2O4S2/c1-2-27-17-10-8-16(9-11-17)23-18-13-29(25,26)14-19(18)28-21(23)22-20(24)12-15-6-4-3-5-7-15/h3-11,18-19H,2,12-14H2,1H3/t18-,19+/m0/s1. The number of rotatable bonds is 5. The van der Waals surface area contributed by atoms with Crippen molar-refractivity contribution in [3.8, 4) is 5.75 Å². The summed E-state index contributed by atoms with van der Waals surface area (Å²) in [5.41, 5.74) is 1.72. The predicted octanol–water partition coefficient (Wildman–Crippen LogP) is 2.93. The molecule has 6 nitrogen and oxygen atoms in total. The van der Waals surface area contributed by atoms with Gasteiger partial charge < -0.3 is 9.64 Å². The SMILES string of the molecule is CCOc1ccc(N2C(=NC(=O)Cc3ccccc3)S[C@@H]3CS(=O)(=O)C[C@@H]32)cc1. The zero-order valence-corrected chi connectivity index (χ0v) is 17.7. The summed E-state index contributed by atoms with van der Waals surface area (Å²) in [5.74, 6) is 0.695. The molecule has 2 atom stereocenters. The van der Waals surface area contributed by atoms with E-state index in [1.165, 1.54) is 11.8 Å². The van der Waals surface area contributed by atoms with Gasteiger partial charge in [0.25, 0.3) is 5.91 Å². The number of anilines is 1. The fourth-order valence-corrected chi connectivity index (χ4v) is 7.58. The Hall–Kier alpha value is -2.32. The molecule has 2 aliphatic heterocycles. The van der Waals surface area contributed by atoms with Gasteiger partial charge in [0.05, 0.1) is 30.6 Å². The smallest absolute Gasteiger partial charge is 0.252 e. The number of carbonyl (C=O) groups is 1. The molecule has 0 unspecified atom stereocenters. The molecule has 0 saturated carbocycles. The van der Waals surface area contributed by atoms with Crippen LogP contribution in [0.2, 0.25) is 0 Å². The summed E-state index contributed by atoms with van der Waals surface area (Å²) < 4.78 is 29.8. The van der Waals surface area contributed by atoms with E-state index in [-0.39, 0.29) is 35.1 Å². The van der Waals surface area contributed by atoms with E-state index in [1.807, 2.05) is 66.4 Å². The first-order chi connectivity index (χ1) is 13.9. The molecular weight excluding hydrogens is 408 g/mol. The topological polar surface area (TPSA) is 76.0 Å². The summed E-state index contributed by atoms with van der Waals surface area (Å²) in [4.78, 5) is 18.8. The summed E-state index contributed by atoms with van der Waals surface area (Å²) in [7, 11) is -3.09. The molecular formula is C21H22N2O4S2. The fraction of sp³-hybridized carbons (Fsp3) is 0.333. The van der Waals surface area contributed by atoms with Gasteiger partial charge in [-0.3, -0.25) is 4.79 Å². The highest BCUT2D eigenvalue weighted by Gasteiger charge is 2.49. The second-order valence-electron chi connectivity index (χ2n) is 7.05. The van der Waals surface area contributed by atoms with Gasteiger partial charge in [-0.15, -0.1) is 0 Å². The van der Waals surface area contributed by atoms with Gasteiger partial charge in [-0.05, 0) is 36.8 Å². The summed E-state index contributed by atoms with van der Waals surface area (Å²) in [6, 6.07) is 16.7. The molecule has 0 bridgehead atoms. The van der Waals surface area contributed by atoms with Crippen LogP contribution in [0, 0.1) is 0 Å². The number of amides is 1. The van der Waals surface area contributed by atoms with Crippen molar-refractivity contribution in [2.24, 2.45) is 4.99 Å². The van der Waals surface area contributed by atoms with Crippen LogP contribution in [0.25, 0.3) is 0 Å². The Morgan fingerprint density at radius 2 is 1.86 bits per heavy atom. The minimum absolute atomic E-state index is 0.0732. The number of benzene rings is 2. The van der Waals surface area contributed by atoms with Crippen LogP contribution in [0.15, 0.2) is 59.6 Å². The molecule has 2 saturated heterocycles. The molecule has 2 aromatic rings. The van der Waals surface area contributed by atoms with Gasteiger partial charge in [0.1, 0.15) is 5.75 Å². The van der Waals surface area contributed by atoms with E-state index in [0.29, 0.717) is 11.8 Å². The lowest BCUT2D eigenvalue weighted by molar-refractivity contribution is -0.117. The van der Waals surface area contributed by atoms with Gasteiger partial charge >= 0.3 is 0 Å². The van der Waals surface area contributed by atoms with Crippen LogP contribution in [-0.2, 0) is 21.1 Å². The Labute approximate surface area is 174 Å². The van der Waals surface area contributed by atoms with Crippen molar-refractivity contribution in [3.63, 3.8) is 0 Å². The van der Waals surface area contributed by atoms with E-state index in [0.717, 1.165) is 17.0 Å². The maximum atomic E-state index is 12.6. The molecule has 29 heavy (non-hydrogen) atoms. The van der Waals surface area contributed by atoms with Crippen molar-refractivity contribution in [1.29, 1.82) is 0 Å². The molecule has 0 radical (unpaired) electrons. The van der Waals surface area contributed by atoms with Gasteiger partial charge in [0, 0.05) is 10.9 Å². The fourth-order valence-electron chi connectivity index (χ4n) is 3.65. The number of amidine groups is 1. The number of nitrogens with zero attached hydrogens (tertiary/aromatic N) is 2. The Kier molecular flexibility index (Phi) is 5.65. The van der Waals surface area contributed by atoms with Gasteiger partial charge in [0.15, 0.2) is 15.0 Å². The van der Waals surface area contributed by atoms with Crippen molar-refractivity contribution in [1.82, 2.24) is 0 Å². The largest absolute Gasteiger partial charge is 0.494 e. The van der Waals surface area contributed by atoms with E-state index in [2.05, 4.69) is 4.99 Å². The summed E-state index contributed by atoms with van der Waals surface area (Å²) >= 11 is 1.38. The molecule has 2 aliphatic rings. The third-order valence-electron chi connectivity index (χ3n) is 4.91. The second-order valence-corrected chi connectivity index (χ2v) is 10.4.